The van der Waals surface area contributed by atoms with Crippen LogP contribution in [0.5, 0.6) is 11.5 Å². The molecular formula is C27H30N2O. The van der Waals surface area contributed by atoms with Crippen molar-refractivity contribution in [1.82, 2.24) is 9.55 Å². The van der Waals surface area contributed by atoms with E-state index in [4.69, 9.17) is 4.74 Å². The Morgan fingerprint density at radius 2 is 1.30 bits per heavy atom. The van der Waals surface area contributed by atoms with Crippen molar-refractivity contribution in [2.45, 2.75) is 34.6 Å². The number of aryl methyl sites for hydroxylation is 2. The van der Waals surface area contributed by atoms with Crippen molar-refractivity contribution in [2.24, 2.45) is 5.92 Å². The Labute approximate surface area is 180 Å². The molecule has 0 atom stereocenters. The number of hydrogen-bond donors (Lipinski definition) is 0. The second-order valence-corrected chi connectivity index (χ2v) is 8.04. The summed E-state index contributed by atoms with van der Waals surface area (Å²) in [5.41, 5.74) is 4.53. The Morgan fingerprint density at radius 1 is 0.767 bits per heavy atom. The van der Waals surface area contributed by atoms with Crippen molar-refractivity contribution < 1.29 is 4.74 Å². The van der Waals surface area contributed by atoms with Crippen molar-refractivity contribution in [3.8, 4) is 28.6 Å². The van der Waals surface area contributed by atoms with Gasteiger partial charge in [-0.2, -0.15) is 0 Å². The van der Waals surface area contributed by atoms with Crippen molar-refractivity contribution in [3.05, 3.63) is 96.3 Å². The third-order valence-corrected chi connectivity index (χ3v) is 4.36. The van der Waals surface area contributed by atoms with Gasteiger partial charge in [0.05, 0.1) is 5.69 Å². The van der Waals surface area contributed by atoms with Crippen LogP contribution in [0.2, 0.25) is 0 Å². The highest BCUT2D eigenvalue weighted by Gasteiger charge is 2.13. The first-order valence-electron chi connectivity index (χ1n) is 10.4. The number of rotatable bonds is 4. The van der Waals surface area contributed by atoms with E-state index in [1.165, 1.54) is 0 Å². The van der Waals surface area contributed by atoms with Crippen LogP contribution in [0.1, 0.15) is 31.9 Å². The summed E-state index contributed by atoms with van der Waals surface area (Å²) < 4.78 is 8.15. The predicted molar refractivity (Wildman–Crippen MR) is 126 cm³/mol. The number of imidazole rings is 1. The first-order chi connectivity index (χ1) is 14.5. The maximum absolute atomic E-state index is 6.00. The molecule has 0 bridgehead atoms. The summed E-state index contributed by atoms with van der Waals surface area (Å²) in [7, 11) is 0. The van der Waals surface area contributed by atoms with Crippen molar-refractivity contribution >= 4 is 0 Å². The van der Waals surface area contributed by atoms with Crippen LogP contribution in [0.3, 0.4) is 0 Å². The fraction of sp³-hybridized carbons (Fsp3) is 0.222. The molecule has 0 amide bonds. The number of aromatic nitrogens is 2. The number of hydrogen-bond acceptors (Lipinski definition) is 2. The van der Waals surface area contributed by atoms with E-state index in [9.17, 15) is 0 Å². The maximum Gasteiger partial charge on any atom is 0.144 e. The first-order valence-corrected chi connectivity index (χ1v) is 10.4. The lowest BCUT2D eigenvalue weighted by atomic mass is 10.1. The highest BCUT2D eigenvalue weighted by atomic mass is 16.5. The van der Waals surface area contributed by atoms with E-state index in [1.54, 1.807) is 0 Å². The molecule has 1 heterocycles. The van der Waals surface area contributed by atoms with Gasteiger partial charge in [-0.15, -0.1) is 0 Å². The standard InChI is InChI=1S/C23H20N2O.C4H10/c1-17-15-21(26-20-11-7-4-8-12-20)16-18(2)22(17)25-14-13-24-23(25)19-9-5-3-6-10-19;1-4(2)3/h3-16H,1-2H3;4H,1-3H3. The topological polar surface area (TPSA) is 27.1 Å². The summed E-state index contributed by atoms with van der Waals surface area (Å²) in [4.78, 5) is 4.57. The fourth-order valence-corrected chi connectivity index (χ4v) is 3.26. The van der Waals surface area contributed by atoms with Crippen LogP contribution >= 0.6 is 0 Å². The summed E-state index contributed by atoms with van der Waals surface area (Å²) in [6.07, 6.45) is 3.85. The summed E-state index contributed by atoms with van der Waals surface area (Å²) in [6, 6.07) is 24.2. The fourth-order valence-electron chi connectivity index (χ4n) is 3.26. The average molecular weight is 399 g/mol. The lowest BCUT2D eigenvalue weighted by Gasteiger charge is -2.16. The van der Waals surface area contributed by atoms with E-state index >= 15 is 0 Å². The van der Waals surface area contributed by atoms with Gasteiger partial charge in [0, 0.05) is 18.0 Å². The Kier molecular flexibility index (Phi) is 7.08. The molecule has 0 spiro atoms. The summed E-state index contributed by atoms with van der Waals surface area (Å²) in [5.74, 6) is 3.46. The van der Waals surface area contributed by atoms with E-state index in [1.807, 2.05) is 60.9 Å². The predicted octanol–water partition coefficient (Wildman–Crippen LogP) is 7.61. The van der Waals surface area contributed by atoms with Gasteiger partial charge < -0.3 is 4.74 Å². The first kappa shape index (κ1) is 21.4. The number of ether oxygens (including phenoxy) is 1. The molecule has 0 aliphatic carbocycles. The Hall–Kier alpha value is -3.33. The average Bonchev–Trinajstić information content (AvgIpc) is 3.18. The van der Waals surface area contributed by atoms with E-state index in [0.29, 0.717) is 0 Å². The third-order valence-electron chi connectivity index (χ3n) is 4.36. The minimum absolute atomic E-state index is 0.833. The minimum Gasteiger partial charge on any atom is -0.457 e. The molecule has 1 aromatic heterocycles. The molecule has 4 aromatic rings. The number of para-hydroxylation sites is 1. The molecule has 0 saturated heterocycles. The molecule has 0 radical (unpaired) electrons. The van der Waals surface area contributed by atoms with Crippen LogP contribution < -0.4 is 4.74 Å². The quantitative estimate of drug-likeness (QED) is 0.354. The Morgan fingerprint density at radius 3 is 1.87 bits per heavy atom. The number of benzene rings is 3. The molecule has 3 nitrogen and oxygen atoms in total. The van der Waals surface area contributed by atoms with Gasteiger partial charge in [0.1, 0.15) is 17.3 Å². The Balaban J connectivity index is 0.000000589. The normalized spacial score (nSPS) is 10.5. The summed E-state index contributed by atoms with van der Waals surface area (Å²) >= 11 is 0. The summed E-state index contributed by atoms with van der Waals surface area (Å²) in [6.45, 7) is 10.7. The van der Waals surface area contributed by atoms with Gasteiger partial charge in [-0.05, 0) is 55.2 Å². The molecule has 3 aromatic carbocycles. The second kappa shape index (κ2) is 9.93. The van der Waals surface area contributed by atoms with Gasteiger partial charge in [-0.25, -0.2) is 4.98 Å². The minimum atomic E-state index is 0.833. The highest BCUT2D eigenvalue weighted by Crippen LogP contribution is 2.31. The van der Waals surface area contributed by atoms with Crippen LogP contribution in [0.25, 0.3) is 17.1 Å². The zero-order valence-electron chi connectivity index (χ0n) is 18.5. The van der Waals surface area contributed by atoms with Crippen LogP contribution in [0, 0.1) is 19.8 Å². The van der Waals surface area contributed by atoms with Gasteiger partial charge in [0.15, 0.2) is 0 Å². The third kappa shape index (κ3) is 5.38. The van der Waals surface area contributed by atoms with Crippen LogP contribution in [-0.4, -0.2) is 9.55 Å². The van der Waals surface area contributed by atoms with Gasteiger partial charge in [0.2, 0.25) is 0 Å². The molecule has 0 fully saturated rings. The zero-order chi connectivity index (χ0) is 21.5. The van der Waals surface area contributed by atoms with E-state index in [-0.39, 0.29) is 0 Å². The SMILES string of the molecule is CC(C)C.Cc1cc(Oc2ccccc2)cc(C)c1-n1ccnc1-c1ccccc1. The molecule has 4 rings (SSSR count). The van der Waals surface area contributed by atoms with E-state index < -0.39 is 0 Å². The molecule has 154 valence electrons. The number of nitrogens with zero attached hydrogens (tertiary/aromatic N) is 2. The maximum atomic E-state index is 6.00. The smallest absolute Gasteiger partial charge is 0.144 e. The molecule has 0 saturated carbocycles. The van der Waals surface area contributed by atoms with Crippen molar-refractivity contribution in [1.29, 1.82) is 0 Å². The molecule has 30 heavy (non-hydrogen) atoms. The zero-order valence-corrected chi connectivity index (χ0v) is 18.5. The lowest BCUT2D eigenvalue weighted by molar-refractivity contribution is 0.481. The van der Waals surface area contributed by atoms with E-state index in [0.717, 1.165) is 45.6 Å². The van der Waals surface area contributed by atoms with Gasteiger partial charge in [-0.1, -0.05) is 69.3 Å². The molecular weight excluding hydrogens is 368 g/mol. The van der Waals surface area contributed by atoms with E-state index in [2.05, 4.69) is 68.4 Å². The van der Waals surface area contributed by atoms with Gasteiger partial charge >= 0.3 is 0 Å². The second-order valence-electron chi connectivity index (χ2n) is 8.04. The summed E-state index contributed by atoms with van der Waals surface area (Å²) in [5, 5.41) is 0. The molecule has 0 N–H and O–H groups in total. The monoisotopic (exact) mass is 398 g/mol. The van der Waals surface area contributed by atoms with Crippen molar-refractivity contribution in [2.75, 3.05) is 0 Å². The van der Waals surface area contributed by atoms with Gasteiger partial charge in [0.25, 0.3) is 0 Å². The van der Waals surface area contributed by atoms with Crippen LogP contribution in [0.4, 0.5) is 0 Å². The highest BCUT2D eigenvalue weighted by molar-refractivity contribution is 5.62. The molecule has 0 unspecified atom stereocenters. The van der Waals surface area contributed by atoms with Gasteiger partial charge in [-0.3, -0.25) is 4.57 Å². The molecule has 0 aliphatic heterocycles. The molecule has 0 aliphatic rings. The molecule has 3 heteroatoms. The Bertz CT molecular complexity index is 1040. The van der Waals surface area contributed by atoms with Crippen molar-refractivity contribution in [3.63, 3.8) is 0 Å². The lowest BCUT2D eigenvalue weighted by Crippen LogP contribution is -2.02. The van der Waals surface area contributed by atoms with Crippen LogP contribution in [0.15, 0.2) is 85.2 Å². The van der Waals surface area contributed by atoms with Crippen LogP contribution in [-0.2, 0) is 0 Å². The largest absolute Gasteiger partial charge is 0.457 e.